The summed E-state index contributed by atoms with van der Waals surface area (Å²) in [5.41, 5.74) is 1.61. The standard InChI is InChI=1S/C18H18N2O3/c21-17(11-13-22-14-6-2-1-3-7-14)19-12-10-18-20-15-8-4-5-9-16(15)23-18/h1-9H,10-13H2,(H,19,21). The minimum atomic E-state index is -0.0444. The number of oxazole rings is 1. The number of hydrogen-bond donors (Lipinski definition) is 1. The van der Waals surface area contributed by atoms with Crippen molar-refractivity contribution in [2.24, 2.45) is 0 Å². The second kappa shape index (κ2) is 7.45. The van der Waals surface area contributed by atoms with Gasteiger partial charge in [-0.3, -0.25) is 4.79 Å². The minimum Gasteiger partial charge on any atom is -0.493 e. The summed E-state index contributed by atoms with van der Waals surface area (Å²) in [4.78, 5) is 16.1. The summed E-state index contributed by atoms with van der Waals surface area (Å²) in [5, 5.41) is 2.84. The first kappa shape index (κ1) is 15.1. The van der Waals surface area contributed by atoms with Crippen LogP contribution in [0.5, 0.6) is 5.75 Å². The van der Waals surface area contributed by atoms with Gasteiger partial charge in [0, 0.05) is 13.0 Å². The normalized spacial score (nSPS) is 10.6. The van der Waals surface area contributed by atoms with E-state index in [4.69, 9.17) is 9.15 Å². The average Bonchev–Trinajstić information content (AvgIpc) is 2.98. The van der Waals surface area contributed by atoms with Crippen molar-refractivity contribution in [2.45, 2.75) is 12.8 Å². The molecule has 0 bridgehead atoms. The number of rotatable bonds is 7. The third kappa shape index (κ3) is 4.32. The number of para-hydroxylation sites is 3. The van der Waals surface area contributed by atoms with Crippen LogP contribution in [0.3, 0.4) is 0 Å². The molecule has 0 saturated carbocycles. The Labute approximate surface area is 134 Å². The van der Waals surface area contributed by atoms with Gasteiger partial charge in [0.1, 0.15) is 11.3 Å². The van der Waals surface area contributed by atoms with Crippen LogP contribution in [0.4, 0.5) is 0 Å². The summed E-state index contributed by atoms with van der Waals surface area (Å²) in [5.74, 6) is 1.36. The van der Waals surface area contributed by atoms with Crippen molar-refractivity contribution in [1.29, 1.82) is 0 Å². The highest BCUT2D eigenvalue weighted by molar-refractivity contribution is 5.76. The quantitative estimate of drug-likeness (QED) is 0.728. The zero-order valence-corrected chi connectivity index (χ0v) is 12.7. The van der Waals surface area contributed by atoms with E-state index in [1.807, 2.05) is 54.6 Å². The van der Waals surface area contributed by atoms with E-state index in [2.05, 4.69) is 10.3 Å². The predicted octanol–water partition coefficient (Wildman–Crippen LogP) is 2.96. The van der Waals surface area contributed by atoms with Crippen LogP contribution in [-0.4, -0.2) is 24.0 Å². The fourth-order valence-corrected chi connectivity index (χ4v) is 2.20. The van der Waals surface area contributed by atoms with Gasteiger partial charge in [0.2, 0.25) is 5.91 Å². The molecule has 5 nitrogen and oxygen atoms in total. The molecule has 1 heterocycles. The van der Waals surface area contributed by atoms with Crippen molar-refractivity contribution in [3.05, 3.63) is 60.5 Å². The van der Waals surface area contributed by atoms with Gasteiger partial charge >= 0.3 is 0 Å². The lowest BCUT2D eigenvalue weighted by molar-refractivity contribution is -0.121. The summed E-state index contributed by atoms with van der Waals surface area (Å²) in [6.07, 6.45) is 0.891. The van der Waals surface area contributed by atoms with Crippen molar-refractivity contribution in [3.8, 4) is 5.75 Å². The van der Waals surface area contributed by atoms with E-state index < -0.39 is 0 Å². The molecule has 2 aromatic carbocycles. The third-order valence-electron chi connectivity index (χ3n) is 3.34. The largest absolute Gasteiger partial charge is 0.493 e. The minimum absolute atomic E-state index is 0.0444. The predicted molar refractivity (Wildman–Crippen MR) is 87.3 cm³/mol. The number of benzene rings is 2. The molecule has 3 rings (SSSR count). The number of hydrogen-bond acceptors (Lipinski definition) is 4. The Hall–Kier alpha value is -2.82. The smallest absolute Gasteiger partial charge is 0.223 e. The maximum absolute atomic E-state index is 11.8. The van der Waals surface area contributed by atoms with Crippen LogP contribution in [0, 0.1) is 0 Å². The van der Waals surface area contributed by atoms with Gasteiger partial charge in [-0.1, -0.05) is 30.3 Å². The fraction of sp³-hybridized carbons (Fsp3) is 0.222. The molecule has 0 aliphatic carbocycles. The van der Waals surface area contributed by atoms with Crippen LogP contribution in [0.2, 0.25) is 0 Å². The highest BCUT2D eigenvalue weighted by Crippen LogP contribution is 2.14. The van der Waals surface area contributed by atoms with E-state index in [-0.39, 0.29) is 5.91 Å². The van der Waals surface area contributed by atoms with Crippen molar-refractivity contribution in [1.82, 2.24) is 10.3 Å². The number of carbonyl (C=O) groups excluding carboxylic acids is 1. The van der Waals surface area contributed by atoms with Crippen molar-refractivity contribution in [2.75, 3.05) is 13.2 Å². The van der Waals surface area contributed by atoms with Crippen LogP contribution < -0.4 is 10.1 Å². The third-order valence-corrected chi connectivity index (χ3v) is 3.34. The lowest BCUT2D eigenvalue weighted by Crippen LogP contribution is -2.27. The molecule has 5 heteroatoms. The molecule has 1 N–H and O–H groups in total. The van der Waals surface area contributed by atoms with Crippen molar-refractivity contribution in [3.63, 3.8) is 0 Å². The van der Waals surface area contributed by atoms with Crippen LogP contribution in [0.25, 0.3) is 11.1 Å². The lowest BCUT2D eigenvalue weighted by atomic mass is 10.3. The van der Waals surface area contributed by atoms with Gasteiger partial charge in [0.25, 0.3) is 0 Å². The molecule has 0 spiro atoms. The zero-order chi connectivity index (χ0) is 15.9. The van der Waals surface area contributed by atoms with Crippen LogP contribution in [0.15, 0.2) is 59.0 Å². The van der Waals surface area contributed by atoms with Gasteiger partial charge in [0.05, 0.1) is 13.0 Å². The van der Waals surface area contributed by atoms with Gasteiger partial charge in [-0.05, 0) is 24.3 Å². The molecular formula is C18H18N2O3. The number of ether oxygens (including phenoxy) is 1. The molecule has 118 valence electrons. The summed E-state index contributed by atoms with van der Waals surface area (Å²) >= 11 is 0. The maximum atomic E-state index is 11.8. The van der Waals surface area contributed by atoms with Gasteiger partial charge < -0.3 is 14.5 Å². The molecule has 1 amide bonds. The molecule has 0 saturated heterocycles. The fourth-order valence-electron chi connectivity index (χ4n) is 2.20. The van der Waals surface area contributed by atoms with E-state index in [1.165, 1.54) is 0 Å². The molecule has 3 aromatic rings. The van der Waals surface area contributed by atoms with Crippen LogP contribution in [-0.2, 0) is 11.2 Å². The Bertz CT molecular complexity index is 735. The topological polar surface area (TPSA) is 64.4 Å². The first-order chi connectivity index (χ1) is 11.3. The maximum Gasteiger partial charge on any atom is 0.223 e. The number of nitrogens with one attached hydrogen (secondary N) is 1. The van der Waals surface area contributed by atoms with Gasteiger partial charge in [-0.15, -0.1) is 0 Å². The van der Waals surface area contributed by atoms with E-state index in [1.54, 1.807) is 0 Å². The molecule has 0 aliphatic heterocycles. The number of amides is 1. The highest BCUT2D eigenvalue weighted by atomic mass is 16.5. The molecule has 0 atom stereocenters. The molecule has 0 radical (unpaired) electrons. The molecule has 0 fully saturated rings. The highest BCUT2D eigenvalue weighted by Gasteiger charge is 2.06. The second-order valence-electron chi connectivity index (χ2n) is 5.09. The Morgan fingerprint density at radius 1 is 1.09 bits per heavy atom. The Morgan fingerprint density at radius 3 is 2.70 bits per heavy atom. The first-order valence-corrected chi connectivity index (χ1v) is 7.60. The van der Waals surface area contributed by atoms with E-state index >= 15 is 0 Å². The number of aromatic nitrogens is 1. The molecule has 23 heavy (non-hydrogen) atoms. The Morgan fingerprint density at radius 2 is 1.87 bits per heavy atom. The molecule has 0 aliphatic rings. The van der Waals surface area contributed by atoms with E-state index in [0.29, 0.717) is 31.9 Å². The van der Waals surface area contributed by atoms with Gasteiger partial charge in [-0.25, -0.2) is 4.98 Å². The monoisotopic (exact) mass is 310 g/mol. The summed E-state index contributed by atoms with van der Waals surface area (Å²) in [7, 11) is 0. The summed E-state index contributed by atoms with van der Waals surface area (Å²) in [6, 6.07) is 17.1. The van der Waals surface area contributed by atoms with E-state index in [0.717, 1.165) is 16.8 Å². The number of carbonyl (C=O) groups is 1. The van der Waals surface area contributed by atoms with Crippen LogP contribution in [0.1, 0.15) is 12.3 Å². The van der Waals surface area contributed by atoms with Crippen molar-refractivity contribution < 1.29 is 13.9 Å². The van der Waals surface area contributed by atoms with Gasteiger partial charge in [0.15, 0.2) is 11.5 Å². The Kier molecular flexibility index (Phi) is 4.88. The lowest BCUT2D eigenvalue weighted by Gasteiger charge is -2.06. The SMILES string of the molecule is O=C(CCOc1ccccc1)NCCc1nc2ccccc2o1. The zero-order valence-electron chi connectivity index (χ0n) is 12.7. The number of nitrogens with zero attached hydrogens (tertiary/aromatic N) is 1. The summed E-state index contributed by atoms with van der Waals surface area (Å²) in [6.45, 7) is 0.857. The summed E-state index contributed by atoms with van der Waals surface area (Å²) < 4.78 is 11.1. The van der Waals surface area contributed by atoms with Crippen LogP contribution >= 0.6 is 0 Å². The molecule has 0 unspecified atom stereocenters. The van der Waals surface area contributed by atoms with Gasteiger partial charge in [-0.2, -0.15) is 0 Å². The number of fused-ring (bicyclic) bond motifs is 1. The molecule has 1 aromatic heterocycles. The Balaban J connectivity index is 1.37. The average molecular weight is 310 g/mol. The molecular weight excluding hydrogens is 292 g/mol. The van der Waals surface area contributed by atoms with Crippen molar-refractivity contribution >= 4 is 17.0 Å². The van der Waals surface area contributed by atoms with E-state index in [9.17, 15) is 4.79 Å². The first-order valence-electron chi connectivity index (χ1n) is 7.60. The second-order valence-corrected chi connectivity index (χ2v) is 5.09.